The third-order valence-corrected chi connectivity index (χ3v) is 3.56. The largest absolute Gasteiger partial charge is 0.481 e. The molecule has 0 atom stereocenters. The highest BCUT2D eigenvalue weighted by Crippen LogP contribution is 2.23. The van der Waals surface area contributed by atoms with E-state index < -0.39 is 5.97 Å². The van der Waals surface area contributed by atoms with E-state index in [9.17, 15) is 9.59 Å². The number of anilines is 1. The summed E-state index contributed by atoms with van der Waals surface area (Å²) in [6.07, 6.45) is 0. The van der Waals surface area contributed by atoms with Gasteiger partial charge >= 0.3 is 5.97 Å². The van der Waals surface area contributed by atoms with Gasteiger partial charge in [-0.05, 0) is 18.2 Å². The number of carboxylic acid groups (broad SMARTS) is 1. The van der Waals surface area contributed by atoms with E-state index in [1.165, 1.54) is 0 Å². The minimum atomic E-state index is -0.932. The summed E-state index contributed by atoms with van der Waals surface area (Å²) in [4.78, 5) is 26.4. The van der Waals surface area contributed by atoms with Crippen molar-refractivity contribution in [3.63, 3.8) is 0 Å². The van der Waals surface area contributed by atoms with Crippen LogP contribution in [0.25, 0.3) is 11.1 Å². The van der Waals surface area contributed by atoms with Crippen molar-refractivity contribution < 1.29 is 19.1 Å². The fraction of sp³-hybridized carbons (Fsp3) is 0.357. The van der Waals surface area contributed by atoms with Crippen LogP contribution in [0.15, 0.2) is 22.6 Å². The lowest BCUT2D eigenvalue weighted by Gasteiger charge is -2.03. The number of fused-ring (bicyclic) bond motifs is 1. The Balaban J connectivity index is 2.02. The lowest BCUT2D eigenvalue weighted by atomic mass is 10.2. The van der Waals surface area contributed by atoms with Gasteiger partial charge in [0.25, 0.3) is 0 Å². The normalized spacial score (nSPS) is 11.0. The van der Waals surface area contributed by atoms with Crippen LogP contribution in [-0.4, -0.2) is 33.5 Å². The van der Waals surface area contributed by atoms with Crippen LogP contribution in [0.3, 0.4) is 0 Å². The summed E-state index contributed by atoms with van der Waals surface area (Å²) in [6, 6.07) is 5.23. The maximum atomic E-state index is 11.7. The fourth-order valence-corrected chi connectivity index (χ4v) is 2.23. The molecule has 6 nitrogen and oxygen atoms in total. The van der Waals surface area contributed by atoms with Gasteiger partial charge in [-0.3, -0.25) is 9.59 Å². The van der Waals surface area contributed by atoms with Crippen molar-refractivity contribution in [3.8, 4) is 0 Å². The number of nitrogens with one attached hydrogen (secondary N) is 1. The number of hydrogen-bond donors (Lipinski definition) is 2. The zero-order valence-corrected chi connectivity index (χ0v) is 12.6. The number of aromatic nitrogens is 1. The maximum Gasteiger partial charge on any atom is 0.313 e. The zero-order chi connectivity index (χ0) is 15.4. The number of carboxylic acids is 1. The molecule has 0 saturated carbocycles. The number of benzene rings is 1. The number of rotatable bonds is 6. The van der Waals surface area contributed by atoms with Gasteiger partial charge in [-0.1, -0.05) is 13.8 Å². The summed E-state index contributed by atoms with van der Waals surface area (Å²) in [5.41, 5.74) is 1.98. The van der Waals surface area contributed by atoms with Crippen LogP contribution >= 0.6 is 11.8 Å². The van der Waals surface area contributed by atoms with E-state index in [2.05, 4.69) is 10.3 Å². The lowest BCUT2D eigenvalue weighted by molar-refractivity contribution is -0.133. The highest BCUT2D eigenvalue weighted by Gasteiger charge is 2.11. The molecule has 0 radical (unpaired) electrons. The number of thioether (sulfide) groups is 1. The summed E-state index contributed by atoms with van der Waals surface area (Å²) in [6.45, 7) is 3.99. The first kappa shape index (κ1) is 15.4. The van der Waals surface area contributed by atoms with Crippen molar-refractivity contribution in [2.75, 3.05) is 16.8 Å². The molecule has 0 saturated heterocycles. The smallest absolute Gasteiger partial charge is 0.313 e. The Labute approximate surface area is 125 Å². The molecule has 7 heteroatoms. The molecule has 0 fully saturated rings. The molecule has 1 aromatic heterocycles. The number of amides is 1. The van der Waals surface area contributed by atoms with Crippen LogP contribution in [-0.2, 0) is 9.59 Å². The topological polar surface area (TPSA) is 92.4 Å². The number of nitrogens with zero attached hydrogens (tertiary/aromatic N) is 1. The van der Waals surface area contributed by atoms with E-state index in [0.717, 1.165) is 11.8 Å². The van der Waals surface area contributed by atoms with E-state index in [1.54, 1.807) is 18.2 Å². The molecule has 2 N–H and O–H groups in total. The molecular formula is C14H16N2O4S. The monoisotopic (exact) mass is 308 g/mol. The third-order valence-electron chi connectivity index (χ3n) is 2.64. The first-order chi connectivity index (χ1) is 9.95. The van der Waals surface area contributed by atoms with E-state index in [4.69, 9.17) is 9.52 Å². The molecule has 2 rings (SSSR count). The molecule has 0 spiro atoms. The van der Waals surface area contributed by atoms with Crippen LogP contribution < -0.4 is 5.32 Å². The molecule has 0 aliphatic heterocycles. The van der Waals surface area contributed by atoms with Crippen LogP contribution in [0, 0.1) is 0 Å². The predicted octanol–water partition coefficient (Wildman–Crippen LogP) is 2.71. The Morgan fingerprint density at radius 1 is 1.38 bits per heavy atom. The van der Waals surface area contributed by atoms with Crippen molar-refractivity contribution in [1.82, 2.24) is 4.98 Å². The van der Waals surface area contributed by atoms with E-state index in [-0.39, 0.29) is 23.3 Å². The Morgan fingerprint density at radius 3 is 2.81 bits per heavy atom. The van der Waals surface area contributed by atoms with Gasteiger partial charge in [-0.25, -0.2) is 4.98 Å². The minimum Gasteiger partial charge on any atom is -0.481 e. The summed E-state index contributed by atoms with van der Waals surface area (Å²) in [5.74, 6) is -0.312. The second-order valence-electron chi connectivity index (χ2n) is 4.82. The highest BCUT2D eigenvalue weighted by atomic mass is 32.2. The van der Waals surface area contributed by atoms with Gasteiger partial charge < -0.3 is 14.8 Å². The number of oxazole rings is 1. The molecule has 0 aliphatic rings. The van der Waals surface area contributed by atoms with Gasteiger partial charge in [0, 0.05) is 11.6 Å². The molecule has 2 aromatic rings. The molecule has 0 bridgehead atoms. The van der Waals surface area contributed by atoms with Crippen molar-refractivity contribution >= 4 is 40.4 Å². The highest BCUT2D eigenvalue weighted by molar-refractivity contribution is 8.00. The molecule has 0 unspecified atom stereocenters. The first-order valence-corrected chi connectivity index (χ1v) is 7.61. The van der Waals surface area contributed by atoms with Gasteiger partial charge in [-0.15, -0.1) is 11.8 Å². The van der Waals surface area contributed by atoms with E-state index >= 15 is 0 Å². The molecule has 1 heterocycles. The number of carbonyl (C=O) groups excluding carboxylic acids is 1. The fourth-order valence-electron chi connectivity index (χ4n) is 1.70. The summed E-state index contributed by atoms with van der Waals surface area (Å²) >= 11 is 1.05. The number of carbonyl (C=O) groups is 2. The molecule has 0 aliphatic carbocycles. The SMILES string of the molecule is CC(C)c1nc2cc(NC(=O)CSCC(=O)O)ccc2o1. The summed E-state index contributed by atoms with van der Waals surface area (Å²) < 4.78 is 5.59. The average Bonchev–Trinajstić information content (AvgIpc) is 2.81. The van der Waals surface area contributed by atoms with Crippen molar-refractivity contribution in [2.45, 2.75) is 19.8 Å². The van der Waals surface area contributed by atoms with Gasteiger partial charge in [0.05, 0.1) is 11.5 Å². The Kier molecular flexibility index (Phi) is 4.85. The van der Waals surface area contributed by atoms with Crippen LogP contribution in [0.5, 0.6) is 0 Å². The summed E-state index contributed by atoms with van der Waals surface area (Å²) in [5, 5.41) is 11.2. The first-order valence-electron chi connectivity index (χ1n) is 6.45. The van der Waals surface area contributed by atoms with Crippen molar-refractivity contribution in [1.29, 1.82) is 0 Å². The number of hydrogen-bond acceptors (Lipinski definition) is 5. The molecule has 1 amide bonds. The summed E-state index contributed by atoms with van der Waals surface area (Å²) in [7, 11) is 0. The quantitative estimate of drug-likeness (QED) is 0.852. The maximum absolute atomic E-state index is 11.7. The molecule has 112 valence electrons. The lowest BCUT2D eigenvalue weighted by Crippen LogP contribution is -2.15. The van der Waals surface area contributed by atoms with Gasteiger partial charge in [0.1, 0.15) is 5.52 Å². The molecule has 21 heavy (non-hydrogen) atoms. The van der Waals surface area contributed by atoms with Crippen molar-refractivity contribution in [2.24, 2.45) is 0 Å². The second kappa shape index (κ2) is 6.62. The van der Waals surface area contributed by atoms with E-state index in [0.29, 0.717) is 22.7 Å². The zero-order valence-electron chi connectivity index (χ0n) is 11.8. The molecule has 1 aromatic carbocycles. The second-order valence-corrected chi connectivity index (χ2v) is 5.81. The Morgan fingerprint density at radius 2 is 2.14 bits per heavy atom. The van der Waals surface area contributed by atoms with Crippen LogP contribution in [0.4, 0.5) is 5.69 Å². The van der Waals surface area contributed by atoms with Crippen molar-refractivity contribution in [3.05, 3.63) is 24.1 Å². The van der Waals surface area contributed by atoms with Gasteiger partial charge in [-0.2, -0.15) is 0 Å². The Hall–Kier alpha value is -2.02. The minimum absolute atomic E-state index is 0.0898. The van der Waals surface area contributed by atoms with Crippen LogP contribution in [0.2, 0.25) is 0 Å². The van der Waals surface area contributed by atoms with Gasteiger partial charge in [0.15, 0.2) is 11.5 Å². The van der Waals surface area contributed by atoms with Gasteiger partial charge in [0.2, 0.25) is 5.91 Å². The Bertz CT molecular complexity index is 666. The third kappa shape index (κ3) is 4.22. The average molecular weight is 308 g/mol. The molecular weight excluding hydrogens is 292 g/mol. The predicted molar refractivity (Wildman–Crippen MR) is 81.7 cm³/mol. The standard InChI is InChI=1S/C14H16N2O4S/c1-8(2)14-16-10-5-9(3-4-11(10)20-14)15-12(17)6-21-7-13(18)19/h3-5,8H,6-7H2,1-2H3,(H,15,17)(H,18,19). The van der Waals surface area contributed by atoms with E-state index in [1.807, 2.05) is 13.8 Å². The number of aliphatic carboxylic acids is 1. The van der Waals surface area contributed by atoms with Crippen LogP contribution in [0.1, 0.15) is 25.7 Å².